The van der Waals surface area contributed by atoms with Crippen molar-refractivity contribution in [1.82, 2.24) is 4.40 Å². The second-order valence-electron chi connectivity index (χ2n) is 10.2. The minimum atomic E-state index is 0.0743. The highest BCUT2D eigenvalue weighted by Crippen LogP contribution is 2.38. The molecule has 7 aromatic rings. The SMILES string of the molecule is CC1C=Cc2c(c3cccc4c5cc(-c6ccc7ccc8ccccc8c7c6)ccc5c(=O)n2c34)C1. The van der Waals surface area contributed by atoms with Crippen molar-refractivity contribution in [3.63, 3.8) is 0 Å². The number of hydrogen-bond acceptors (Lipinski definition) is 1. The molecule has 0 saturated heterocycles. The molecule has 1 atom stereocenters. The van der Waals surface area contributed by atoms with Crippen LogP contribution in [0.1, 0.15) is 18.2 Å². The first-order chi connectivity index (χ1) is 17.7. The normalized spacial score (nSPS) is 15.5. The van der Waals surface area contributed by atoms with E-state index in [1.54, 1.807) is 0 Å². The Kier molecular flexibility index (Phi) is 3.88. The number of aromatic nitrogens is 1. The monoisotopic (exact) mass is 461 g/mol. The maximum atomic E-state index is 13.8. The van der Waals surface area contributed by atoms with E-state index in [2.05, 4.69) is 104 Å². The molecular weight excluding hydrogens is 438 g/mol. The van der Waals surface area contributed by atoms with Crippen molar-refractivity contribution in [3.05, 3.63) is 119 Å². The highest BCUT2D eigenvalue weighted by molar-refractivity contribution is 6.14. The number of pyridine rings is 1. The molecular formula is C34H23NO. The molecule has 1 unspecified atom stereocenters. The molecule has 2 heteroatoms. The summed E-state index contributed by atoms with van der Waals surface area (Å²) in [5.41, 5.74) is 5.77. The van der Waals surface area contributed by atoms with Gasteiger partial charge in [0.25, 0.3) is 5.56 Å². The van der Waals surface area contributed by atoms with E-state index < -0.39 is 0 Å². The summed E-state index contributed by atoms with van der Waals surface area (Å²) in [6.45, 7) is 2.24. The summed E-state index contributed by atoms with van der Waals surface area (Å²) in [6.07, 6.45) is 5.34. The highest BCUT2D eigenvalue weighted by atomic mass is 16.1. The average molecular weight is 462 g/mol. The lowest BCUT2D eigenvalue weighted by atomic mass is 9.93. The van der Waals surface area contributed by atoms with Crippen LogP contribution in [0.4, 0.5) is 0 Å². The van der Waals surface area contributed by atoms with Gasteiger partial charge < -0.3 is 0 Å². The zero-order valence-corrected chi connectivity index (χ0v) is 20.0. The van der Waals surface area contributed by atoms with Crippen LogP contribution in [-0.4, -0.2) is 4.40 Å². The fourth-order valence-corrected chi connectivity index (χ4v) is 6.32. The number of allylic oxidation sites excluding steroid dienone is 1. The van der Waals surface area contributed by atoms with Gasteiger partial charge in [-0.15, -0.1) is 0 Å². The summed E-state index contributed by atoms with van der Waals surface area (Å²) in [5.74, 6) is 0.481. The van der Waals surface area contributed by atoms with Crippen LogP contribution < -0.4 is 5.56 Å². The fraction of sp³-hybridized carbons (Fsp3) is 0.0882. The Balaban J connectivity index is 1.43. The number of rotatable bonds is 1. The smallest absolute Gasteiger partial charge is 0.263 e. The van der Waals surface area contributed by atoms with Crippen LogP contribution in [0, 0.1) is 5.92 Å². The van der Waals surface area contributed by atoms with Gasteiger partial charge in [0.2, 0.25) is 0 Å². The van der Waals surface area contributed by atoms with Gasteiger partial charge in [0.1, 0.15) is 0 Å². The third kappa shape index (κ3) is 2.59. The molecule has 5 aromatic carbocycles. The molecule has 0 aliphatic heterocycles. The second-order valence-corrected chi connectivity index (χ2v) is 10.2. The number of fused-ring (bicyclic) bond motifs is 8. The zero-order valence-electron chi connectivity index (χ0n) is 20.0. The molecule has 2 aromatic heterocycles. The summed E-state index contributed by atoms with van der Waals surface area (Å²) in [7, 11) is 0. The molecule has 1 aliphatic carbocycles. The summed E-state index contributed by atoms with van der Waals surface area (Å²) >= 11 is 0. The van der Waals surface area contributed by atoms with Crippen LogP contribution in [0.3, 0.4) is 0 Å². The van der Waals surface area contributed by atoms with E-state index >= 15 is 0 Å². The minimum absolute atomic E-state index is 0.0743. The van der Waals surface area contributed by atoms with E-state index in [1.165, 1.54) is 38.1 Å². The van der Waals surface area contributed by atoms with Gasteiger partial charge >= 0.3 is 0 Å². The summed E-state index contributed by atoms with van der Waals surface area (Å²) in [5, 5.41) is 9.16. The lowest BCUT2D eigenvalue weighted by Crippen LogP contribution is -2.15. The first-order valence-electron chi connectivity index (χ1n) is 12.6. The summed E-state index contributed by atoms with van der Waals surface area (Å²) in [4.78, 5) is 13.8. The number of hydrogen-bond donors (Lipinski definition) is 0. The Morgan fingerprint density at radius 3 is 2.25 bits per heavy atom. The van der Waals surface area contributed by atoms with Gasteiger partial charge in [-0.05, 0) is 80.2 Å². The van der Waals surface area contributed by atoms with Gasteiger partial charge in [-0.1, -0.05) is 85.8 Å². The number of para-hydroxylation sites is 1. The Morgan fingerprint density at radius 2 is 1.36 bits per heavy atom. The number of benzene rings is 5. The molecule has 0 N–H and O–H groups in total. The molecule has 170 valence electrons. The molecule has 8 rings (SSSR count). The molecule has 2 nitrogen and oxygen atoms in total. The van der Waals surface area contributed by atoms with Gasteiger partial charge in [0.15, 0.2) is 0 Å². The van der Waals surface area contributed by atoms with Crippen molar-refractivity contribution in [3.8, 4) is 11.1 Å². The number of nitrogens with zero attached hydrogens (tertiary/aromatic N) is 1. The lowest BCUT2D eigenvalue weighted by molar-refractivity contribution is 0.718. The first-order valence-corrected chi connectivity index (χ1v) is 12.6. The van der Waals surface area contributed by atoms with Gasteiger partial charge in [-0.25, -0.2) is 0 Å². The molecule has 36 heavy (non-hydrogen) atoms. The average Bonchev–Trinajstić information content (AvgIpc) is 3.25. The Morgan fingerprint density at radius 1 is 0.667 bits per heavy atom. The maximum Gasteiger partial charge on any atom is 0.263 e. The lowest BCUT2D eigenvalue weighted by Gasteiger charge is -2.12. The fourth-order valence-electron chi connectivity index (χ4n) is 6.32. The van der Waals surface area contributed by atoms with Gasteiger partial charge in [-0.3, -0.25) is 9.20 Å². The van der Waals surface area contributed by atoms with Crippen molar-refractivity contribution < 1.29 is 0 Å². The third-order valence-electron chi connectivity index (χ3n) is 8.07. The van der Waals surface area contributed by atoms with E-state index in [-0.39, 0.29) is 5.56 Å². The summed E-state index contributed by atoms with van der Waals surface area (Å²) in [6, 6.07) is 32.4. The van der Waals surface area contributed by atoms with Crippen molar-refractivity contribution in [1.29, 1.82) is 0 Å². The second kappa shape index (κ2) is 7.05. The Hall–Kier alpha value is -4.43. The van der Waals surface area contributed by atoms with Crippen LogP contribution in [0.5, 0.6) is 0 Å². The molecule has 0 spiro atoms. The van der Waals surface area contributed by atoms with Crippen LogP contribution in [0.15, 0.2) is 102 Å². The van der Waals surface area contributed by atoms with E-state index in [0.29, 0.717) is 5.92 Å². The van der Waals surface area contributed by atoms with Crippen LogP contribution in [-0.2, 0) is 6.42 Å². The van der Waals surface area contributed by atoms with Crippen LogP contribution >= 0.6 is 0 Å². The van der Waals surface area contributed by atoms with E-state index in [0.717, 1.165) is 39.4 Å². The van der Waals surface area contributed by atoms with Crippen molar-refractivity contribution in [2.75, 3.05) is 0 Å². The van der Waals surface area contributed by atoms with Crippen molar-refractivity contribution in [2.24, 2.45) is 5.92 Å². The van der Waals surface area contributed by atoms with Crippen molar-refractivity contribution >= 4 is 54.7 Å². The quantitative estimate of drug-likeness (QED) is 0.226. The highest BCUT2D eigenvalue weighted by Gasteiger charge is 2.23. The molecule has 2 heterocycles. The standard InChI is InChI=1S/C34H23NO/c1-20-9-16-32-31(17-20)27-8-4-7-26-30-19-24(14-15-28(30)34(36)35(32)33(26)27)23-13-12-22-11-10-21-5-2-3-6-25(21)29(22)18-23/h2-16,18-20H,17H2,1H3. The van der Waals surface area contributed by atoms with E-state index in [1.807, 2.05) is 10.5 Å². The minimum Gasteiger partial charge on any atom is -0.275 e. The molecule has 0 amide bonds. The molecule has 1 aliphatic rings. The van der Waals surface area contributed by atoms with Crippen molar-refractivity contribution in [2.45, 2.75) is 13.3 Å². The maximum absolute atomic E-state index is 13.8. The van der Waals surface area contributed by atoms with Gasteiger partial charge in [0, 0.05) is 16.2 Å². The first kappa shape index (κ1) is 19.8. The Labute approximate surface area is 208 Å². The predicted octanol–water partition coefficient (Wildman–Crippen LogP) is 8.22. The van der Waals surface area contributed by atoms with E-state index in [4.69, 9.17) is 0 Å². The topological polar surface area (TPSA) is 21.5 Å². The molecule has 0 radical (unpaired) electrons. The predicted molar refractivity (Wildman–Crippen MR) is 152 cm³/mol. The van der Waals surface area contributed by atoms with Crippen LogP contribution in [0.25, 0.3) is 65.8 Å². The summed E-state index contributed by atoms with van der Waals surface area (Å²) < 4.78 is 1.95. The molecule has 0 fully saturated rings. The van der Waals surface area contributed by atoms with Gasteiger partial charge in [0.05, 0.1) is 11.2 Å². The molecule has 0 saturated carbocycles. The third-order valence-corrected chi connectivity index (χ3v) is 8.07. The van der Waals surface area contributed by atoms with E-state index in [9.17, 15) is 4.79 Å². The molecule has 0 bridgehead atoms. The van der Waals surface area contributed by atoms with Gasteiger partial charge in [-0.2, -0.15) is 0 Å². The largest absolute Gasteiger partial charge is 0.275 e. The zero-order chi connectivity index (χ0) is 24.0. The van der Waals surface area contributed by atoms with Crippen LogP contribution in [0.2, 0.25) is 0 Å². The Bertz CT molecular complexity index is 2110.